The molecule has 0 aromatic rings. The Bertz CT molecular complexity index is 229. The van der Waals surface area contributed by atoms with Crippen LogP contribution in [0.4, 0.5) is 0 Å². The molecule has 1 fully saturated rings. The molecule has 15 heavy (non-hydrogen) atoms. The highest BCUT2D eigenvalue weighted by atomic mass is 16.5. The van der Waals surface area contributed by atoms with Crippen LogP contribution in [0.5, 0.6) is 0 Å². The van der Waals surface area contributed by atoms with Crippen molar-refractivity contribution in [1.82, 2.24) is 0 Å². The van der Waals surface area contributed by atoms with E-state index in [9.17, 15) is 9.90 Å². The third-order valence-corrected chi connectivity index (χ3v) is 3.32. The van der Waals surface area contributed by atoms with Gasteiger partial charge in [0.1, 0.15) is 0 Å². The fourth-order valence-corrected chi connectivity index (χ4v) is 1.72. The maximum absolute atomic E-state index is 11.2. The number of hydrogen-bond donors (Lipinski definition) is 1. The van der Waals surface area contributed by atoms with Gasteiger partial charge in [0.2, 0.25) is 0 Å². The van der Waals surface area contributed by atoms with Gasteiger partial charge in [-0.25, -0.2) is 0 Å². The molecule has 4 nitrogen and oxygen atoms in total. The number of ether oxygens (including phenoxy) is 2. The van der Waals surface area contributed by atoms with Crippen LogP contribution in [0.15, 0.2) is 0 Å². The van der Waals surface area contributed by atoms with Crippen LogP contribution in [0.25, 0.3) is 0 Å². The van der Waals surface area contributed by atoms with Gasteiger partial charge in [0.05, 0.1) is 17.6 Å². The molecule has 1 rings (SSSR count). The van der Waals surface area contributed by atoms with E-state index in [4.69, 9.17) is 9.47 Å². The topological polar surface area (TPSA) is 55.8 Å². The number of hydrogen-bond acceptors (Lipinski definition) is 3. The summed E-state index contributed by atoms with van der Waals surface area (Å²) in [6.07, 6.45) is 1.96. The van der Waals surface area contributed by atoms with E-state index in [0.717, 1.165) is 6.42 Å². The molecular weight excluding hydrogens is 196 g/mol. The van der Waals surface area contributed by atoms with Crippen LogP contribution in [0.1, 0.15) is 33.1 Å². The molecule has 1 aliphatic rings. The van der Waals surface area contributed by atoms with Gasteiger partial charge in [-0.15, -0.1) is 0 Å². The lowest BCUT2D eigenvalue weighted by atomic mass is 9.80. The summed E-state index contributed by atoms with van der Waals surface area (Å²) in [6, 6.07) is 0. The molecular formula is C11H20O4. The second-order valence-corrected chi connectivity index (χ2v) is 4.85. The van der Waals surface area contributed by atoms with Crippen molar-refractivity contribution in [2.75, 3.05) is 20.3 Å². The van der Waals surface area contributed by atoms with Gasteiger partial charge in [-0.3, -0.25) is 4.79 Å². The van der Waals surface area contributed by atoms with E-state index in [0.29, 0.717) is 26.1 Å². The van der Waals surface area contributed by atoms with Crippen molar-refractivity contribution >= 4 is 5.97 Å². The van der Waals surface area contributed by atoms with E-state index < -0.39 is 11.4 Å². The Morgan fingerprint density at radius 1 is 1.60 bits per heavy atom. The molecule has 0 aliphatic carbocycles. The van der Waals surface area contributed by atoms with Crippen LogP contribution in [0.2, 0.25) is 0 Å². The smallest absolute Gasteiger partial charge is 0.312 e. The van der Waals surface area contributed by atoms with E-state index in [2.05, 4.69) is 0 Å². The number of carboxylic acid groups (broad SMARTS) is 1. The van der Waals surface area contributed by atoms with Crippen LogP contribution >= 0.6 is 0 Å². The standard InChI is InChI=1S/C11H20O4/c1-10(2,14-3)4-5-11(9(12)13)6-7-15-8-11/h4-8H2,1-3H3,(H,12,13). The normalized spacial score (nSPS) is 26.9. The summed E-state index contributed by atoms with van der Waals surface area (Å²) in [5.74, 6) is -0.744. The lowest BCUT2D eigenvalue weighted by Crippen LogP contribution is -2.34. The molecule has 1 saturated heterocycles. The summed E-state index contributed by atoms with van der Waals surface area (Å²) in [5, 5.41) is 9.21. The average Bonchev–Trinajstić information content (AvgIpc) is 2.65. The summed E-state index contributed by atoms with van der Waals surface area (Å²) in [5.41, 5.74) is -0.944. The molecule has 0 saturated carbocycles. The van der Waals surface area contributed by atoms with E-state index in [1.807, 2.05) is 13.8 Å². The zero-order chi connectivity index (χ0) is 11.5. The first kappa shape index (κ1) is 12.5. The maximum atomic E-state index is 11.2. The summed E-state index contributed by atoms with van der Waals surface area (Å²) < 4.78 is 10.5. The molecule has 4 heteroatoms. The third-order valence-electron chi connectivity index (χ3n) is 3.32. The Kier molecular flexibility index (Phi) is 3.73. The minimum Gasteiger partial charge on any atom is -0.481 e. The van der Waals surface area contributed by atoms with E-state index in [-0.39, 0.29) is 5.60 Å². The molecule has 1 N–H and O–H groups in total. The number of methoxy groups -OCH3 is 1. The van der Waals surface area contributed by atoms with Gasteiger partial charge in [0.25, 0.3) is 0 Å². The minimum atomic E-state index is -0.744. The highest BCUT2D eigenvalue weighted by Crippen LogP contribution is 2.36. The molecule has 0 spiro atoms. The van der Waals surface area contributed by atoms with Gasteiger partial charge in [0, 0.05) is 13.7 Å². The van der Waals surface area contributed by atoms with Gasteiger partial charge in [-0.2, -0.15) is 0 Å². The van der Waals surface area contributed by atoms with Crippen LogP contribution in [-0.4, -0.2) is 37.0 Å². The second-order valence-electron chi connectivity index (χ2n) is 4.85. The highest BCUT2D eigenvalue weighted by molar-refractivity contribution is 5.75. The Balaban J connectivity index is 2.57. The van der Waals surface area contributed by atoms with Gasteiger partial charge in [-0.1, -0.05) is 0 Å². The average molecular weight is 216 g/mol. The quantitative estimate of drug-likeness (QED) is 0.759. The zero-order valence-corrected chi connectivity index (χ0v) is 9.71. The first-order chi connectivity index (χ1) is 6.92. The molecule has 1 aliphatic heterocycles. The third kappa shape index (κ3) is 2.92. The molecule has 88 valence electrons. The van der Waals surface area contributed by atoms with Crippen LogP contribution < -0.4 is 0 Å². The van der Waals surface area contributed by atoms with E-state index in [1.165, 1.54) is 0 Å². The first-order valence-electron chi connectivity index (χ1n) is 5.28. The largest absolute Gasteiger partial charge is 0.481 e. The van der Waals surface area contributed by atoms with Crippen LogP contribution in [-0.2, 0) is 14.3 Å². The molecule has 0 aromatic carbocycles. The Hall–Kier alpha value is -0.610. The van der Waals surface area contributed by atoms with Crippen molar-refractivity contribution in [3.05, 3.63) is 0 Å². The molecule has 0 bridgehead atoms. The predicted molar refractivity (Wildman–Crippen MR) is 55.8 cm³/mol. The molecule has 0 radical (unpaired) electrons. The SMILES string of the molecule is COC(C)(C)CCC1(C(=O)O)CCOC1. The fraction of sp³-hybridized carbons (Fsp3) is 0.909. The summed E-state index contributed by atoms with van der Waals surface area (Å²) >= 11 is 0. The monoisotopic (exact) mass is 216 g/mol. The van der Waals surface area contributed by atoms with Crippen molar-refractivity contribution in [3.63, 3.8) is 0 Å². The lowest BCUT2D eigenvalue weighted by molar-refractivity contribution is -0.150. The van der Waals surface area contributed by atoms with Crippen LogP contribution in [0.3, 0.4) is 0 Å². The highest BCUT2D eigenvalue weighted by Gasteiger charge is 2.43. The molecule has 1 atom stereocenters. The number of carboxylic acids is 1. The van der Waals surface area contributed by atoms with Crippen molar-refractivity contribution in [3.8, 4) is 0 Å². The van der Waals surface area contributed by atoms with Crippen molar-refractivity contribution in [1.29, 1.82) is 0 Å². The van der Waals surface area contributed by atoms with Gasteiger partial charge in [-0.05, 0) is 33.1 Å². The number of carbonyl (C=O) groups is 1. The number of aliphatic carboxylic acids is 1. The van der Waals surface area contributed by atoms with E-state index >= 15 is 0 Å². The molecule has 1 heterocycles. The summed E-state index contributed by atoms with van der Waals surface area (Å²) in [7, 11) is 1.65. The second kappa shape index (κ2) is 4.49. The molecule has 1 unspecified atom stereocenters. The Labute approximate surface area is 90.6 Å². The van der Waals surface area contributed by atoms with Crippen molar-refractivity contribution in [2.45, 2.75) is 38.7 Å². The molecule has 0 aromatic heterocycles. The Morgan fingerprint density at radius 3 is 2.67 bits per heavy atom. The lowest BCUT2D eigenvalue weighted by Gasteiger charge is -2.28. The first-order valence-corrected chi connectivity index (χ1v) is 5.28. The zero-order valence-electron chi connectivity index (χ0n) is 9.71. The summed E-state index contributed by atoms with van der Waals surface area (Å²) in [6.45, 7) is 4.83. The van der Waals surface area contributed by atoms with E-state index in [1.54, 1.807) is 7.11 Å². The van der Waals surface area contributed by atoms with Crippen LogP contribution in [0, 0.1) is 5.41 Å². The fourth-order valence-electron chi connectivity index (χ4n) is 1.72. The minimum absolute atomic E-state index is 0.259. The number of rotatable bonds is 5. The van der Waals surface area contributed by atoms with Crippen molar-refractivity contribution < 1.29 is 19.4 Å². The predicted octanol–water partition coefficient (Wildman–Crippen LogP) is 1.68. The Morgan fingerprint density at radius 2 is 2.27 bits per heavy atom. The van der Waals surface area contributed by atoms with Gasteiger partial charge < -0.3 is 14.6 Å². The maximum Gasteiger partial charge on any atom is 0.312 e. The van der Waals surface area contributed by atoms with Gasteiger partial charge in [0.15, 0.2) is 0 Å². The van der Waals surface area contributed by atoms with Gasteiger partial charge >= 0.3 is 5.97 Å². The molecule has 0 amide bonds. The van der Waals surface area contributed by atoms with Crippen molar-refractivity contribution in [2.24, 2.45) is 5.41 Å². The summed E-state index contributed by atoms with van der Waals surface area (Å²) in [4.78, 5) is 11.2.